The van der Waals surface area contributed by atoms with Gasteiger partial charge >= 0.3 is 0 Å². The number of aromatic nitrogens is 1. The molecule has 0 unspecified atom stereocenters. The van der Waals surface area contributed by atoms with Gasteiger partial charge in [0.25, 0.3) is 0 Å². The van der Waals surface area contributed by atoms with Crippen LogP contribution in [0.4, 0.5) is 0 Å². The topological polar surface area (TPSA) is 30.7 Å². The number of hydrogen-bond donors (Lipinski definition) is 0. The van der Waals surface area contributed by atoms with E-state index in [1.807, 2.05) is 12.1 Å². The lowest BCUT2D eigenvalue weighted by atomic mass is 9.98. The molecule has 0 bridgehead atoms. The molecule has 0 radical (unpaired) electrons. The number of nitrogens with zero attached hydrogens (tertiary/aromatic N) is 1. The molecule has 43 heavy (non-hydrogen) atoms. The molecule has 0 saturated heterocycles. The van der Waals surface area contributed by atoms with Crippen molar-refractivity contribution in [2.75, 3.05) is 0 Å². The van der Waals surface area contributed by atoms with E-state index in [4.69, 9.17) is 8.83 Å². The highest BCUT2D eigenvalue weighted by Crippen LogP contribution is 2.47. The van der Waals surface area contributed by atoms with Crippen molar-refractivity contribution in [3.8, 4) is 11.1 Å². The number of furan rings is 2. The smallest absolute Gasteiger partial charge is 0.160 e. The molecule has 6 aromatic carbocycles. The number of hydrogen-bond acceptors (Lipinski definition) is 2. The van der Waals surface area contributed by atoms with E-state index in [9.17, 15) is 0 Å². The van der Waals surface area contributed by atoms with Crippen LogP contribution < -0.4 is 5.19 Å². The summed E-state index contributed by atoms with van der Waals surface area (Å²) in [6, 6.07) is 39.7. The first-order chi connectivity index (χ1) is 21.0. The molecule has 3 nitrogen and oxygen atoms in total. The van der Waals surface area contributed by atoms with Crippen molar-refractivity contribution in [1.29, 1.82) is 0 Å². The molecular formula is C39H27NO2Si. The van der Waals surface area contributed by atoms with Crippen molar-refractivity contribution < 1.29 is 8.83 Å². The SMILES string of the molecule is C[Si](C)(C)c1ccc(-c2cc3c4ccc5c6ccccc6oc5c4n4c3c(c2)c2ccc3c5ccccc5oc3c24)cc1. The Kier molecular flexibility index (Phi) is 4.29. The molecule has 10 rings (SSSR count). The number of para-hydroxylation sites is 2. The van der Waals surface area contributed by atoms with Crippen LogP contribution in [0, 0.1) is 0 Å². The normalized spacial score (nSPS) is 13.0. The molecule has 204 valence electrons. The van der Waals surface area contributed by atoms with Gasteiger partial charge in [-0.1, -0.05) is 97.6 Å². The largest absolute Gasteiger partial charge is 0.454 e. The standard InChI is InChI=1S/C39H27NO2Si/c1-43(2,3)24-14-12-22(13-15-24)23-20-31-27-16-18-29-25-8-4-6-10-33(25)41-38(29)36(27)40-35(31)32(21-23)28-17-19-30-26-9-5-7-11-34(26)42-39(30)37(28)40/h4-21H,1-3H3. The zero-order valence-electron chi connectivity index (χ0n) is 24.2. The van der Waals surface area contributed by atoms with E-state index in [-0.39, 0.29) is 0 Å². The first kappa shape index (κ1) is 23.5. The number of fused-ring (bicyclic) bond motifs is 14. The fourth-order valence-electron chi connectivity index (χ4n) is 7.38. The molecule has 0 spiro atoms. The Balaban J connectivity index is 1.42. The van der Waals surface area contributed by atoms with E-state index in [0.29, 0.717) is 0 Å². The van der Waals surface area contributed by atoms with Crippen LogP contribution in [0.5, 0.6) is 0 Å². The van der Waals surface area contributed by atoms with Gasteiger partial charge in [-0.15, -0.1) is 0 Å². The van der Waals surface area contributed by atoms with Gasteiger partial charge in [-0.05, 0) is 47.5 Å². The molecule has 0 atom stereocenters. The molecule has 0 fully saturated rings. The lowest BCUT2D eigenvalue weighted by molar-refractivity contribution is 0.670. The lowest BCUT2D eigenvalue weighted by Crippen LogP contribution is -2.37. The predicted molar refractivity (Wildman–Crippen MR) is 184 cm³/mol. The van der Waals surface area contributed by atoms with Crippen molar-refractivity contribution in [2.24, 2.45) is 0 Å². The van der Waals surface area contributed by atoms with Crippen LogP contribution in [0.3, 0.4) is 0 Å². The van der Waals surface area contributed by atoms with Crippen LogP contribution in [0.25, 0.3) is 93.1 Å². The van der Waals surface area contributed by atoms with Crippen molar-refractivity contribution in [2.45, 2.75) is 19.6 Å². The molecular weight excluding hydrogens is 543 g/mol. The minimum absolute atomic E-state index is 0.909. The Bertz CT molecular complexity index is 2590. The molecule has 0 N–H and O–H groups in total. The minimum Gasteiger partial charge on any atom is -0.454 e. The highest BCUT2D eigenvalue weighted by atomic mass is 28.3. The van der Waals surface area contributed by atoms with Crippen LogP contribution in [0.2, 0.25) is 19.6 Å². The summed E-state index contributed by atoms with van der Waals surface area (Å²) in [5, 5.41) is 10.9. The Labute approximate surface area is 247 Å². The summed E-state index contributed by atoms with van der Waals surface area (Å²) in [7, 11) is -1.39. The molecule has 0 aliphatic rings. The van der Waals surface area contributed by atoms with Crippen LogP contribution in [0.15, 0.2) is 118 Å². The Hall–Kier alpha value is -5.06. The van der Waals surface area contributed by atoms with Gasteiger partial charge in [-0.25, -0.2) is 0 Å². The van der Waals surface area contributed by atoms with Crippen LogP contribution in [0.1, 0.15) is 0 Å². The summed E-state index contributed by atoms with van der Waals surface area (Å²) in [5.74, 6) is 0. The minimum atomic E-state index is -1.39. The number of benzene rings is 6. The fraction of sp³-hybridized carbons (Fsp3) is 0.0769. The Morgan fingerprint density at radius 2 is 0.930 bits per heavy atom. The molecule has 0 aliphatic carbocycles. The zero-order valence-corrected chi connectivity index (χ0v) is 25.2. The van der Waals surface area contributed by atoms with Crippen LogP contribution in [-0.2, 0) is 0 Å². The molecule has 10 aromatic rings. The summed E-state index contributed by atoms with van der Waals surface area (Å²) >= 11 is 0. The van der Waals surface area contributed by atoms with Gasteiger partial charge in [0.1, 0.15) is 11.2 Å². The van der Waals surface area contributed by atoms with E-state index < -0.39 is 8.07 Å². The average molecular weight is 570 g/mol. The number of rotatable bonds is 2. The second-order valence-electron chi connectivity index (χ2n) is 13.0. The predicted octanol–water partition coefficient (Wildman–Crippen LogP) is 10.8. The first-order valence-electron chi connectivity index (χ1n) is 14.9. The van der Waals surface area contributed by atoms with Gasteiger partial charge in [-0.3, -0.25) is 0 Å². The quantitative estimate of drug-likeness (QED) is 0.194. The van der Waals surface area contributed by atoms with E-state index in [0.717, 1.165) is 54.9 Å². The zero-order chi connectivity index (χ0) is 28.6. The van der Waals surface area contributed by atoms with Gasteiger partial charge in [0, 0.05) is 43.1 Å². The van der Waals surface area contributed by atoms with E-state index in [2.05, 4.69) is 121 Å². The molecule has 0 saturated carbocycles. The Morgan fingerprint density at radius 3 is 1.44 bits per heavy atom. The van der Waals surface area contributed by atoms with Crippen molar-refractivity contribution in [1.82, 2.24) is 4.40 Å². The third-order valence-electron chi connectivity index (χ3n) is 9.49. The van der Waals surface area contributed by atoms with Crippen LogP contribution in [-0.4, -0.2) is 12.5 Å². The highest BCUT2D eigenvalue weighted by Gasteiger charge is 2.25. The average Bonchev–Trinajstić information content (AvgIpc) is 3.76. The molecule has 0 amide bonds. The molecule has 4 heterocycles. The van der Waals surface area contributed by atoms with Gasteiger partial charge in [0.2, 0.25) is 0 Å². The maximum Gasteiger partial charge on any atom is 0.160 e. The second kappa shape index (κ2) is 7.85. The summed E-state index contributed by atoms with van der Waals surface area (Å²) in [6.45, 7) is 7.20. The molecule has 0 aliphatic heterocycles. The second-order valence-corrected chi connectivity index (χ2v) is 18.0. The first-order valence-corrected chi connectivity index (χ1v) is 18.4. The highest BCUT2D eigenvalue weighted by molar-refractivity contribution is 6.88. The monoisotopic (exact) mass is 569 g/mol. The van der Waals surface area contributed by atoms with Gasteiger partial charge in [0.15, 0.2) is 11.2 Å². The third kappa shape index (κ3) is 2.98. The molecule has 4 heteroatoms. The van der Waals surface area contributed by atoms with Crippen LogP contribution >= 0.6 is 0 Å². The van der Waals surface area contributed by atoms with Gasteiger partial charge < -0.3 is 13.2 Å². The lowest BCUT2D eigenvalue weighted by Gasteiger charge is -2.16. The molecule has 4 aromatic heterocycles. The van der Waals surface area contributed by atoms with E-state index in [1.54, 1.807) is 0 Å². The summed E-state index contributed by atoms with van der Waals surface area (Å²) in [4.78, 5) is 0. The maximum atomic E-state index is 6.66. The van der Waals surface area contributed by atoms with Gasteiger partial charge in [0.05, 0.1) is 24.6 Å². The van der Waals surface area contributed by atoms with E-state index >= 15 is 0 Å². The van der Waals surface area contributed by atoms with E-state index in [1.165, 1.54) is 43.4 Å². The summed E-state index contributed by atoms with van der Waals surface area (Å²) in [6.07, 6.45) is 0. The fourth-order valence-corrected chi connectivity index (χ4v) is 8.55. The Morgan fingerprint density at radius 1 is 0.442 bits per heavy atom. The van der Waals surface area contributed by atoms with Crippen molar-refractivity contribution in [3.63, 3.8) is 0 Å². The summed E-state index contributed by atoms with van der Waals surface area (Å²) < 4.78 is 15.7. The maximum absolute atomic E-state index is 6.66. The van der Waals surface area contributed by atoms with Gasteiger partial charge in [-0.2, -0.15) is 0 Å². The van der Waals surface area contributed by atoms with Crippen molar-refractivity contribution in [3.05, 3.63) is 109 Å². The van der Waals surface area contributed by atoms with Crippen molar-refractivity contribution >= 4 is 95.2 Å². The summed E-state index contributed by atoms with van der Waals surface area (Å²) in [5.41, 5.74) is 9.54. The third-order valence-corrected chi connectivity index (χ3v) is 11.6.